The highest BCUT2D eigenvalue weighted by atomic mass is 79.9. The van der Waals surface area contributed by atoms with Gasteiger partial charge in [0.1, 0.15) is 12.3 Å². The van der Waals surface area contributed by atoms with E-state index in [1.165, 1.54) is 13.2 Å². The van der Waals surface area contributed by atoms with Gasteiger partial charge in [-0.1, -0.05) is 6.07 Å². The van der Waals surface area contributed by atoms with Crippen LogP contribution in [0.25, 0.3) is 6.08 Å². The number of amides is 3. The van der Waals surface area contributed by atoms with E-state index in [0.717, 1.165) is 33.3 Å². The van der Waals surface area contributed by atoms with Gasteiger partial charge in [0.2, 0.25) is 5.91 Å². The fraction of sp³-hybridized carbons (Fsp3) is 0.227. The summed E-state index contributed by atoms with van der Waals surface area (Å²) in [6.45, 7) is -0.662. The average Bonchev–Trinajstić information content (AvgIpc) is 3.00. The van der Waals surface area contributed by atoms with Crippen molar-refractivity contribution >= 4 is 62.2 Å². The molecule has 0 spiro atoms. The highest BCUT2D eigenvalue weighted by Gasteiger charge is 2.37. The van der Waals surface area contributed by atoms with Crippen molar-refractivity contribution in [1.29, 1.82) is 0 Å². The normalized spacial score (nSPS) is 15.1. The molecule has 2 aromatic rings. The Kier molecular flexibility index (Phi) is 7.61. The second-order valence-electron chi connectivity index (χ2n) is 7.33. The number of hydrogen-bond acceptors (Lipinski definition) is 6. The fourth-order valence-electron chi connectivity index (χ4n) is 3.08. The summed E-state index contributed by atoms with van der Waals surface area (Å²) in [5.41, 5.74) is 0.382. The minimum atomic E-state index is -4.62. The van der Waals surface area contributed by atoms with Crippen molar-refractivity contribution in [3.63, 3.8) is 0 Å². The second kappa shape index (κ2) is 10.1. The third-order valence-corrected chi connectivity index (χ3v) is 6.27. The number of imide groups is 1. The van der Waals surface area contributed by atoms with Gasteiger partial charge in [-0.15, -0.1) is 0 Å². The first-order valence-electron chi connectivity index (χ1n) is 9.68. The molecule has 180 valence electrons. The first-order chi connectivity index (χ1) is 15.9. The molecule has 0 atom stereocenters. The van der Waals surface area contributed by atoms with Crippen molar-refractivity contribution in [2.45, 2.75) is 6.18 Å². The van der Waals surface area contributed by atoms with Crippen LogP contribution in [-0.2, 0) is 15.8 Å². The monoisotopic (exact) mass is 557 g/mol. The first-order valence-corrected chi connectivity index (χ1v) is 11.3. The summed E-state index contributed by atoms with van der Waals surface area (Å²) in [7, 11) is 5.00. The Morgan fingerprint density at radius 3 is 2.50 bits per heavy atom. The molecule has 12 heteroatoms. The summed E-state index contributed by atoms with van der Waals surface area (Å²) in [4.78, 5) is 40.3. The Balaban J connectivity index is 1.75. The lowest BCUT2D eigenvalue weighted by molar-refractivity contribution is -0.137. The van der Waals surface area contributed by atoms with Gasteiger partial charge < -0.3 is 15.0 Å². The third kappa shape index (κ3) is 5.73. The summed E-state index contributed by atoms with van der Waals surface area (Å²) in [5.74, 6) is -1.52. The highest BCUT2D eigenvalue weighted by molar-refractivity contribution is 9.10. The maximum absolute atomic E-state index is 13.0. The molecule has 1 aliphatic rings. The minimum Gasteiger partial charge on any atom is -0.495 e. The van der Waals surface area contributed by atoms with Crippen LogP contribution in [0.4, 0.5) is 29.3 Å². The predicted octanol–water partition coefficient (Wildman–Crippen LogP) is 5.22. The number of thioether (sulfide) groups is 1. The van der Waals surface area contributed by atoms with Crippen LogP contribution in [0.15, 0.2) is 45.8 Å². The zero-order valence-electron chi connectivity index (χ0n) is 18.2. The lowest BCUT2D eigenvalue weighted by Gasteiger charge is -2.16. The summed E-state index contributed by atoms with van der Waals surface area (Å²) in [5, 5.41) is 1.62. The van der Waals surface area contributed by atoms with Crippen LogP contribution in [0.1, 0.15) is 11.1 Å². The molecule has 3 amide bonds. The molecular formula is C22H19BrF3N3O4S. The third-order valence-electron chi connectivity index (χ3n) is 4.73. The maximum atomic E-state index is 13.0. The van der Waals surface area contributed by atoms with Gasteiger partial charge in [0.05, 0.1) is 29.0 Å². The molecule has 1 fully saturated rings. The van der Waals surface area contributed by atoms with Gasteiger partial charge in [-0.2, -0.15) is 13.2 Å². The number of benzene rings is 2. The Hall–Kier alpha value is -2.99. The number of rotatable bonds is 6. The molecule has 34 heavy (non-hydrogen) atoms. The van der Waals surface area contributed by atoms with E-state index >= 15 is 0 Å². The average molecular weight is 558 g/mol. The van der Waals surface area contributed by atoms with E-state index in [2.05, 4.69) is 21.2 Å². The summed E-state index contributed by atoms with van der Waals surface area (Å²) in [6, 6.07) is 8.02. The molecule has 0 aromatic heterocycles. The number of nitrogens with one attached hydrogen (secondary N) is 1. The van der Waals surface area contributed by atoms with E-state index in [4.69, 9.17) is 4.74 Å². The summed E-state index contributed by atoms with van der Waals surface area (Å²) < 4.78 is 44.8. The lowest BCUT2D eigenvalue weighted by atomic mass is 10.1. The quantitative estimate of drug-likeness (QED) is 0.491. The Morgan fingerprint density at radius 1 is 1.21 bits per heavy atom. The predicted molar refractivity (Wildman–Crippen MR) is 128 cm³/mol. The number of methoxy groups -OCH3 is 1. The minimum absolute atomic E-state index is 0.00197. The number of alkyl halides is 3. The van der Waals surface area contributed by atoms with E-state index in [9.17, 15) is 27.6 Å². The molecule has 1 heterocycles. The molecule has 2 aromatic carbocycles. The van der Waals surface area contributed by atoms with Crippen molar-refractivity contribution in [2.24, 2.45) is 0 Å². The van der Waals surface area contributed by atoms with E-state index in [0.29, 0.717) is 17.3 Å². The molecule has 0 radical (unpaired) electrons. The second-order valence-corrected chi connectivity index (χ2v) is 9.18. The molecular weight excluding hydrogens is 539 g/mol. The number of anilines is 2. The van der Waals surface area contributed by atoms with Gasteiger partial charge in [0.25, 0.3) is 11.1 Å². The fourth-order valence-corrected chi connectivity index (χ4v) is 4.67. The number of halogens is 4. The molecule has 1 N–H and O–H groups in total. The van der Waals surface area contributed by atoms with Gasteiger partial charge in [-0.25, -0.2) is 0 Å². The maximum Gasteiger partial charge on any atom is 0.416 e. The number of carbonyl (C=O) groups is 3. The molecule has 1 aliphatic heterocycles. The molecule has 0 saturated carbocycles. The number of hydrogen-bond donors (Lipinski definition) is 1. The molecule has 0 unspecified atom stereocenters. The van der Waals surface area contributed by atoms with Crippen LogP contribution in [0, 0.1) is 0 Å². The topological polar surface area (TPSA) is 79.0 Å². The standard InChI is InChI=1S/C22H19BrF3N3O4S/c1-28(2)16-6-4-12(8-14(16)23)9-18-20(31)29(21(32)34-18)11-19(30)27-15-10-13(22(24,25)26)5-7-17(15)33-3/h4-10H,11H2,1-3H3,(H,27,30)/b18-9-. The van der Waals surface area contributed by atoms with Gasteiger partial charge in [-0.05, 0) is 69.7 Å². The zero-order valence-corrected chi connectivity index (χ0v) is 20.6. The van der Waals surface area contributed by atoms with E-state index in [-0.39, 0.29) is 16.3 Å². The van der Waals surface area contributed by atoms with Crippen LogP contribution < -0.4 is 15.0 Å². The van der Waals surface area contributed by atoms with Crippen LogP contribution in [-0.4, -0.2) is 49.7 Å². The number of nitrogens with zero attached hydrogens (tertiary/aromatic N) is 2. The van der Waals surface area contributed by atoms with Crippen LogP contribution in [0.2, 0.25) is 0 Å². The largest absolute Gasteiger partial charge is 0.495 e. The van der Waals surface area contributed by atoms with Crippen molar-refractivity contribution in [1.82, 2.24) is 4.90 Å². The van der Waals surface area contributed by atoms with Crippen molar-refractivity contribution < 1.29 is 32.3 Å². The van der Waals surface area contributed by atoms with Crippen LogP contribution >= 0.6 is 27.7 Å². The smallest absolute Gasteiger partial charge is 0.416 e. The summed E-state index contributed by atoms with van der Waals surface area (Å²) in [6.07, 6.45) is -3.09. The Morgan fingerprint density at radius 2 is 1.91 bits per heavy atom. The highest BCUT2D eigenvalue weighted by Crippen LogP contribution is 2.36. The molecule has 7 nitrogen and oxygen atoms in total. The zero-order chi connectivity index (χ0) is 25.2. The number of ether oxygens (including phenoxy) is 1. The van der Waals surface area contributed by atoms with Crippen molar-refractivity contribution in [3.8, 4) is 5.75 Å². The van der Waals surface area contributed by atoms with Crippen molar-refractivity contribution in [3.05, 3.63) is 56.9 Å². The molecule has 1 saturated heterocycles. The Bertz CT molecular complexity index is 1180. The molecule has 0 bridgehead atoms. The van der Waals surface area contributed by atoms with E-state index in [1.54, 1.807) is 12.1 Å². The summed E-state index contributed by atoms with van der Waals surface area (Å²) >= 11 is 4.13. The molecule has 0 aliphatic carbocycles. The van der Waals surface area contributed by atoms with Crippen molar-refractivity contribution in [2.75, 3.05) is 38.0 Å². The van der Waals surface area contributed by atoms with E-state index < -0.39 is 35.3 Å². The van der Waals surface area contributed by atoms with Crippen LogP contribution in [0.3, 0.4) is 0 Å². The lowest BCUT2D eigenvalue weighted by Crippen LogP contribution is -2.36. The van der Waals surface area contributed by atoms with Gasteiger partial charge in [0.15, 0.2) is 0 Å². The Labute approximate surface area is 206 Å². The van der Waals surface area contributed by atoms with E-state index in [1.807, 2.05) is 25.1 Å². The molecule has 3 rings (SSSR count). The van der Waals surface area contributed by atoms with Gasteiger partial charge in [0, 0.05) is 18.6 Å². The SMILES string of the molecule is COc1ccc(C(F)(F)F)cc1NC(=O)CN1C(=O)S/C(=C\c2ccc(N(C)C)c(Br)c2)C1=O. The van der Waals surface area contributed by atoms with Crippen LogP contribution in [0.5, 0.6) is 5.75 Å². The van der Waals surface area contributed by atoms with Gasteiger partial charge >= 0.3 is 6.18 Å². The number of carbonyl (C=O) groups excluding carboxylic acids is 3. The van der Waals surface area contributed by atoms with Gasteiger partial charge in [-0.3, -0.25) is 19.3 Å². The first kappa shape index (κ1) is 25.6.